The largest absolute Gasteiger partial charge is 0.433 e. The fourth-order valence-corrected chi connectivity index (χ4v) is 3.01. The van der Waals surface area contributed by atoms with Crippen molar-refractivity contribution >= 4 is 16.0 Å². The first-order chi connectivity index (χ1) is 9.65. The first kappa shape index (κ1) is 16.0. The molecule has 1 aliphatic heterocycles. The summed E-state index contributed by atoms with van der Waals surface area (Å²) in [5, 5.41) is 0. The lowest BCUT2D eigenvalue weighted by atomic mass is 10.1. The van der Waals surface area contributed by atoms with Crippen molar-refractivity contribution < 1.29 is 21.6 Å². The molecular formula is C11H15F3N4O2S. The van der Waals surface area contributed by atoms with Gasteiger partial charge in [-0.15, -0.1) is 0 Å². The van der Waals surface area contributed by atoms with Gasteiger partial charge in [0.15, 0.2) is 0 Å². The molecule has 0 aliphatic carbocycles. The Balaban J connectivity index is 2.15. The maximum Gasteiger partial charge on any atom is 0.433 e. The molecule has 6 nitrogen and oxygen atoms in total. The van der Waals surface area contributed by atoms with E-state index in [2.05, 4.69) is 14.7 Å². The molecule has 21 heavy (non-hydrogen) atoms. The second kappa shape index (κ2) is 5.76. The van der Waals surface area contributed by atoms with Gasteiger partial charge in [-0.25, -0.2) is 23.1 Å². The van der Waals surface area contributed by atoms with Gasteiger partial charge >= 0.3 is 6.18 Å². The van der Waals surface area contributed by atoms with Crippen LogP contribution in [0.2, 0.25) is 0 Å². The minimum atomic E-state index is -4.53. The molecule has 2 rings (SSSR count). The van der Waals surface area contributed by atoms with Crippen molar-refractivity contribution in [2.75, 3.05) is 24.2 Å². The smallest absolute Gasteiger partial charge is 0.339 e. The normalized spacial score (nSPS) is 20.6. The minimum absolute atomic E-state index is 0.0372. The molecule has 1 saturated heterocycles. The summed E-state index contributed by atoms with van der Waals surface area (Å²) >= 11 is 0. The van der Waals surface area contributed by atoms with E-state index in [4.69, 9.17) is 0 Å². The summed E-state index contributed by atoms with van der Waals surface area (Å²) in [6.07, 6.45) is -1.15. The maximum absolute atomic E-state index is 12.6. The van der Waals surface area contributed by atoms with Crippen LogP contribution < -0.4 is 9.62 Å². The number of halogens is 3. The highest BCUT2D eigenvalue weighted by atomic mass is 32.2. The van der Waals surface area contributed by atoms with Crippen LogP contribution in [0, 0.1) is 0 Å². The topological polar surface area (TPSA) is 75.2 Å². The van der Waals surface area contributed by atoms with Crippen LogP contribution in [-0.4, -0.2) is 43.8 Å². The summed E-state index contributed by atoms with van der Waals surface area (Å²) in [7, 11) is -3.36. The van der Waals surface area contributed by atoms with Gasteiger partial charge in [0.05, 0.1) is 6.26 Å². The van der Waals surface area contributed by atoms with Crippen LogP contribution in [0.25, 0.3) is 0 Å². The van der Waals surface area contributed by atoms with Gasteiger partial charge < -0.3 is 4.90 Å². The first-order valence-corrected chi connectivity index (χ1v) is 8.17. The minimum Gasteiger partial charge on any atom is -0.339 e. The van der Waals surface area contributed by atoms with Gasteiger partial charge in [-0.3, -0.25) is 0 Å². The van der Waals surface area contributed by atoms with Gasteiger partial charge in [0.25, 0.3) is 0 Å². The maximum atomic E-state index is 12.6. The summed E-state index contributed by atoms with van der Waals surface area (Å²) in [5.41, 5.74) is -1.01. The summed E-state index contributed by atoms with van der Waals surface area (Å²) in [6.45, 7) is 0.734. The number of nitrogens with zero attached hydrogens (tertiary/aromatic N) is 3. The zero-order valence-corrected chi connectivity index (χ0v) is 12.1. The van der Waals surface area contributed by atoms with E-state index in [1.807, 2.05) is 0 Å². The van der Waals surface area contributed by atoms with Crippen molar-refractivity contribution in [1.82, 2.24) is 14.7 Å². The number of sulfonamides is 1. The van der Waals surface area contributed by atoms with E-state index >= 15 is 0 Å². The van der Waals surface area contributed by atoms with Crippen LogP contribution in [0.15, 0.2) is 12.3 Å². The first-order valence-electron chi connectivity index (χ1n) is 6.27. The lowest BCUT2D eigenvalue weighted by molar-refractivity contribution is -0.141. The average Bonchev–Trinajstić information content (AvgIpc) is 2.36. The monoisotopic (exact) mass is 324 g/mol. The number of hydrogen-bond donors (Lipinski definition) is 1. The molecule has 10 heteroatoms. The molecule has 0 radical (unpaired) electrons. The lowest BCUT2D eigenvalue weighted by Crippen LogP contribution is -2.48. The van der Waals surface area contributed by atoms with E-state index < -0.39 is 21.9 Å². The molecule has 1 fully saturated rings. The Bertz CT molecular complexity index is 606. The molecule has 1 N–H and O–H groups in total. The lowest BCUT2D eigenvalue weighted by Gasteiger charge is -2.32. The predicted octanol–water partition coefficient (Wildman–Crippen LogP) is 1.01. The number of alkyl halides is 3. The van der Waals surface area contributed by atoms with E-state index in [1.54, 1.807) is 4.90 Å². The van der Waals surface area contributed by atoms with Gasteiger partial charge in [0.1, 0.15) is 5.69 Å². The predicted molar refractivity (Wildman–Crippen MR) is 70.2 cm³/mol. The summed E-state index contributed by atoms with van der Waals surface area (Å²) in [6, 6.07) is 0.451. The second-order valence-electron chi connectivity index (χ2n) is 4.91. The molecule has 0 aromatic carbocycles. The standard InChI is InChI=1S/C11H15F3N4O2S/c1-21(19,20)17-8-3-2-6-18(7-8)10-15-5-4-9(16-10)11(12,13)14/h4-5,8,17H,2-3,6-7H2,1H3/t8-/m1/s1. The van der Waals surface area contributed by atoms with Gasteiger partial charge in [-0.05, 0) is 18.9 Å². The number of anilines is 1. The van der Waals surface area contributed by atoms with E-state index in [0.717, 1.165) is 18.5 Å². The van der Waals surface area contributed by atoms with Gasteiger partial charge in [0, 0.05) is 25.3 Å². The van der Waals surface area contributed by atoms with E-state index in [-0.39, 0.29) is 18.5 Å². The molecule has 0 spiro atoms. The van der Waals surface area contributed by atoms with Crippen molar-refractivity contribution in [2.24, 2.45) is 0 Å². The zero-order valence-electron chi connectivity index (χ0n) is 11.3. The number of aromatic nitrogens is 2. The van der Waals surface area contributed by atoms with Crippen LogP contribution in [0.1, 0.15) is 18.5 Å². The van der Waals surface area contributed by atoms with Gasteiger partial charge in [-0.1, -0.05) is 0 Å². The highest BCUT2D eigenvalue weighted by Gasteiger charge is 2.33. The van der Waals surface area contributed by atoms with Crippen LogP contribution >= 0.6 is 0 Å². The molecule has 1 aromatic rings. The zero-order chi connectivity index (χ0) is 15.7. The molecule has 1 aromatic heterocycles. The summed E-state index contributed by atoms with van der Waals surface area (Å²) in [5.74, 6) is -0.0372. The number of hydrogen-bond acceptors (Lipinski definition) is 5. The van der Waals surface area contributed by atoms with Crippen molar-refractivity contribution in [3.8, 4) is 0 Å². The molecule has 0 bridgehead atoms. The van der Waals surface area contributed by atoms with Crippen molar-refractivity contribution in [3.05, 3.63) is 18.0 Å². The molecule has 118 valence electrons. The molecule has 2 heterocycles. The molecule has 0 amide bonds. The van der Waals surface area contributed by atoms with Gasteiger partial charge in [0.2, 0.25) is 16.0 Å². The van der Waals surface area contributed by atoms with Crippen molar-refractivity contribution in [2.45, 2.75) is 25.1 Å². The fourth-order valence-electron chi connectivity index (χ4n) is 2.22. The number of nitrogens with one attached hydrogen (secondary N) is 1. The Morgan fingerprint density at radius 2 is 2.14 bits per heavy atom. The van der Waals surface area contributed by atoms with Crippen molar-refractivity contribution in [3.63, 3.8) is 0 Å². The Kier molecular flexibility index (Phi) is 4.38. The van der Waals surface area contributed by atoms with Crippen molar-refractivity contribution in [1.29, 1.82) is 0 Å². The van der Waals surface area contributed by atoms with Gasteiger partial charge in [-0.2, -0.15) is 13.2 Å². The summed E-state index contributed by atoms with van der Waals surface area (Å²) in [4.78, 5) is 8.91. The highest BCUT2D eigenvalue weighted by Crippen LogP contribution is 2.28. The van der Waals surface area contributed by atoms with E-state index in [0.29, 0.717) is 19.4 Å². The fraction of sp³-hybridized carbons (Fsp3) is 0.636. The average molecular weight is 324 g/mol. The quantitative estimate of drug-likeness (QED) is 0.898. The Morgan fingerprint density at radius 1 is 1.43 bits per heavy atom. The van der Waals surface area contributed by atoms with E-state index in [1.165, 1.54) is 0 Å². The SMILES string of the molecule is CS(=O)(=O)N[C@@H]1CCCN(c2nccc(C(F)(F)F)n2)C1. The number of piperidine rings is 1. The Labute approximate surface area is 120 Å². The molecule has 1 atom stereocenters. The van der Waals surface area contributed by atoms with Crippen LogP contribution in [-0.2, 0) is 16.2 Å². The third-order valence-corrected chi connectivity index (χ3v) is 3.78. The van der Waals surface area contributed by atoms with Crippen LogP contribution in [0.4, 0.5) is 19.1 Å². The molecule has 1 aliphatic rings. The third-order valence-electron chi connectivity index (χ3n) is 3.02. The number of rotatable bonds is 3. The molecule has 0 unspecified atom stereocenters. The molecular weight excluding hydrogens is 309 g/mol. The summed E-state index contributed by atoms with van der Waals surface area (Å²) < 4.78 is 62.8. The Hall–Kier alpha value is -1.42. The third kappa shape index (κ3) is 4.53. The molecule has 0 saturated carbocycles. The van der Waals surface area contributed by atoms with E-state index in [9.17, 15) is 21.6 Å². The van der Waals surface area contributed by atoms with Crippen LogP contribution in [0.5, 0.6) is 0 Å². The highest BCUT2D eigenvalue weighted by molar-refractivity contribution is 7.88. The van der Waals surface area contributed by atoms with Crippen LogP contribution in [0.3, 0.4) is 0 Å². The Morgan fingerprint density at radius 3 is 2.76 bits per heavy atom. The second-order valence-corrected chi connectivity index (χ2v) is 6.69.